The molecule has 10 heteroatoms. The average Bonchev–Trinajstić information content (AvgIpc) is 2.86. The number of aliphatic carboxylic acids is 1. The van der Waals surface area contributed by atoms with E-state index in [1.54, 1.807) is 6.92 Å². The lowest BCUT2D eigenvalue weighted by atomic mass is 10.1. The van der Waals surface area contributed by atoms with Crippen molar-refractivity contribution in [2.75, 3.05) is 19.0 Å². The predicted molar refractivity (Wildman–Crippen MR) is 152 cm³/mol. The van der Waals surface area contributed by atoms with Crippen molar-refractivity contribution in [2.45, 2.75) is 147 Å². The van der Waals surface area contributed by atoms with E-state index < -0.39 is 41.1 Å². The Kier molecular flexibility index (Phi) is 22.1. The molecule has 222 valence electrons. The number of ether oxygens (including phenoxy) is 2. The number of rotatable bonds is 27. The molecule has 0 aromatic carbocycles. The van der Waals surface area contributed by atoms with E-state index in [1.807, 2.05) is 0 Å². The van der Waals surface area contributed by atoms with Crippen LogP contribution in [0.3, 0.4) is 0 Å². The van der Waals surface area contributed by atoms with E-state index in [4.69, 9.17) is 14.6 Å². The molecule has 0 amide bonds. The Morgan fingerprint density at radius 3 is 1.78 bits per heavy atom. The summed E-state index contributed by atoms with van der Waals surface area (Å²) in [6, 6.07) is 0. The van der Waals surface area contributed by atoms with Gasteiger partial charge in [-0.05, 0) is 26.2 Å². The number of unbranched alkanes of at least 4 members (excludes halogenated alkanes) is 13. The summed E-state index contributed by atoms with van der Waals surface area (Å²) < 4.78 is 48.1. The largest absolute Gasteiger partial charge is 0.477 e. The number of sulfone groups is 1. The van der Waals surface area contributed by atoms with Crippen molar-refractivity contribution in [3.05, 3.63) is 0 Å². The third-order valence-electron chi connectivity index (χ3n) is 6.82. The van der Waals surface area contributed by atoms with Gasteiger partial charge in [0.1, 0.15) is 8.46 Å². The molecule has 0 radical (unpaired) electrons. The van der Waals surface area contributed by atoms with Gasteiger partial charge in [0.05, 0.1) is 23.7 Å². The van der Waals surface area contributed by atoms with Crippen LogP contribution in [0.25, 0.3) is 0 Å². The van der Waals surface area contributed by atoms with Crippen molar-refractivity contribution in [3.8, 4) is 0 Å². The Morgan fingerprint density at radius 1 is 0.811 bits per heavy atom. The quantitative estimate of drug-likeness (QED) is 0.0664. The van der Waals surface area contributed by atoms with Crippen LogP contribution in [0.2, 0.25) is 0 Å². The minimum absolute atomic E-state index is 0.155. The normalized spacial score (nSPS) is 15.7. The highest BCUT2D eigenvalue weighted by molar-refractivity contribution is 7.92. The summed E-state index contributed by atoms with van der Waals surface area (Å²) in [4.78, 5) is 10.9. The first-order valence-corrected chi connectivity index (χ1v) is 17.3. The molecule has 2 N–H and O–H groups in total. The van der Waals surface area contributed by atoms with Crippen LogP contribution in [0, 0.1) is 0 Å². The Labute approximate surface area is 227 Å². The molecule has 0 saturated heterocycles. The molecule has 0 aromatic rings. The van der Waals surface area contributed by atoms with Crippen LogP contribution < -0.4 is 0 Å². The first-order chi connectivity index (χ1) is 17.6. The Hall–Kier alpha value is -0.470. The van der Waals surface area contributed by atoms with Crippen LogP contribution in [-0.4, -0.2) is 60.4 Å². The highest BCUT2D eigenvalue weighted by Crippen LogP contribution is 2.23. The van der Waals surface area contributed by atoms with Gasteiger partial charge in [-0.1, -0.05) is 104 Å². The summed E-state index contributed by atoms with van der Waals surface area (Å²) in [6.45, 7) is 6.15. The van der Waals surface area contributed by atoms with Gasteiger partial charge in [-0.3, -0.25) is 0 Å². The van der Waals surface area contributed by atoms with Gasteiger partial charge in [-0.25, -0.2) is 13.2 Å². The summed E-state index contributed by atoms with van der Waals surface area (Å²) >= 11 is 0. The molecule has 0 heterocycles. The summed E-state index contributed by atoms with van der Waals surface area (Å²) in [5, 5.41) is 18.0. The van der Waals surface area contributed by atoms with Crippen LogP contribution in [0.5, 0.6) is 0 Å². The van der Waals surface area contributed by atoms with E-state index >= 15 is 0 Å². The summed E-state index contributed by atoms with van der Waals surface area (Å²) in [5.41, 5.74) is -2.66. The molecule has 0 aliphatic heterocycles. The topological polar surface area (TPSA) is 127 Å². The molecule has 4 unspecified atom stereocenters. The number of carboxylic acid groups (broad SMARTS) is 1. The number of aliphatic hydroxyl groups is 1. The van der Waals surface area contributed by atoms with Crippen molar-refractivity contribution in [3.63, 3.8) is 0 Å². The summed E-state index contributed by atoms with van der Waals surface area (Å²) in [5.74, 6) is -1.51. The molecule has 8 nitrogen and oxygen atoms in total. The first-order valence-electron chi connectivity index (χ1n) is 14.5. The van der Waals surface area contributed by atoms with E-state index in [2.05, 4.69) is 13.8 Å². The van der Waals surface area contributed by atoms with Crippen molar-refractivity contribution in [1.82, 2.24) is 0 Å². The van der Waals surface area contributed by atoms with E-state index in [-0.39, 0.29) is 25.4 Å². The zero-order chi connectivity index (χ0) is 28.0. The summed E-state index contributed by atoms with van der Waals surface area (Å²) in [6.07, 6.45) is 17.1. The lowest BCUT2D eigenvalue weighted by molar-refractivity contribution is -0.190. The van der Waals surface area contributed by atoms with Gasteiger partial charge in [0.25, 0.3) is 0 Å². The predicted octanol–water partition coefficient (Wildman–Crippen LogP) is 6.35. The maximum atomic E-state index is 13.2. The molecular weight excluding hydrogens is 515 g/mol. The standard InChI is InChI=1S/C27H55O8PS/c1-4-6-8-10-11-12-13-14-16-18-23-37(32,33)25(20-17-15-9-7-5-2)24(3)34-21-19-22-35-27(30,36-31)26(28)29/h24-25,30H,4-23,36H2,1-3H3,(H,28,29). The van der Waals surface area contributed by atoms with Gasteiger partial charge in [0, 0.05) is 6.61 Å². The SMILES string of the molecule is CCCCCCCCCCCCS(=O)(=O)C(CCCCCCC)C(C)OCCCOC(O)([PH2]=O)C(=O)O. The van der Waals surface area contributed by atoms with Crippen molar-refractivity contribution in [1.29, 1.82) is 0 Å². The zero-order valence-corrected chi connectivity index (χ0v) is 25.6. The fourth-order valence-electron chi connectivity index (χ4n) is 4.41. The monoisotopic (exact) mass is 570 g/mol. The molecule has 0 aliphatic rings. The second kappa shape index (κ2) is 22.4. The van der Waals surface area contributed by atoms with Crippen LogP contribution in [0.1, 0.15) is 130 Å². The van der Waals surface area contributed by atoms with Crippen LogP contribution in [0.4, 0.5) is 0 Å². The van der Waals surface area contributed by atoms with Gasteiger partial charge < -0.3 is 24.3 Å². The molecule has 0 fully saturated rings. The smallest absolute Gasteiger partial charge is 0.371 e. The highest BCUT2D eigenvalue weighted by atomic mass is 32.2. The highest BCUT2D eigenvalue weighted by Gasteiger charge is 2.36. The fraction of sp³-hybridized carbons (Fsp3) is 0.963. The molecule has 0 rings (SSSR count). The van der Waals surface area contributed by atoms with Gasteiger partial charge >= 0.3 is 11.5 Å². The minimum atomic E-state index is -3.32. The maximum Gasteiger partial charge on any atom is 0.371 e. The molecule has 0 bridgehead atoms. The molecule has 0 saturated carbocycles. The van der Waals surface area contributed by atoms with Crippen molar-refractivity contribution >= 4 is 24.3 Å². The number of carbonyl (C=O) groups is 1. The van der Waals surface area contributed by atoms with Crippen LogP contribution >= 0.6 is 8.46 Å². The molecule has 4 atom stereocenters. The van der Waals surface area contributed by atoms with E-state index in [9.17, 15) is 22.9 Å². The lowest BCUT2D eigenvalue weighted by Crippen LogP contribution is -2.37. The Morgan fingerprint density at radius 2 is 1.30 bits per heavy atom. The molecule has 0 aliphatic carbocycles. The Balaban J connectivity index is 4.59. The Bertz CT molecular complexity index is 688. The van der Waals surface area contributed by atoms with Gasteiger partial charge in [0.2, 0.25) is 0 Å². The third kappa shape index (κ3) is 17.7. The molecule has 0 aromatic heterocycles. The lowest BCUT2D eigenvalue weighted by Gasteiger charge is -2.25. The number of hydrogen-bond donors (Lipinski definition) is 2. The second-order valence-electron chi connectivity index (χ2n) is 10.2. The maximum absolute atomic E-state index is 13.2. The van der Waals surface area contributed by atoms with Crippen molar-refractivity contribution < 1.29 is 37.5 Å². The average molecular weight is 571 g/mol. The van der Waals surface area contributed by atoms with Gasteiger partial charge in [-0.2, -0.15) is 0 Å². The van der Waals surface area contributed by atoms with Crippen LogP contribution in [0.15, 0.2) is 0 Å². The molecule has 37 heavy (non-hydrogen) atoms. The van der Waals surface area contributed by atoms with E-state index in [0.717, 1.165) is 44.9 Å². The number of hydrogen-bond acceptors (Lipinski definition) is 7. The molecule has 0 spiro atoms. The van der Waals surface area contributed by atoms with E-state index in [0.29, 0.717) is 12.8 Å². The fourth-order valence-corrected chi connectivity index (χ4v) is 6.79. The minimum Gasteiger partial charge on any atom is -0.477 e. The third-order valence-corrected chi connectivity index (χ3v) is 9.95. The van der Waals surface area contributed by atoms with Gasteiger partial charge in [-0.15, -0.1) is 0 Å². The first kappa shape index (κ1) is 36.5. The number of carboxylic acids is 1. The van der Waals surface area contributed by atoms with Crippen molar-refractivity contribution in [2.24, 2.45) is 0 Å². The van der Waals surface area contributed by atoms with Crippen LogP contribution in [-0.2, 0) is 28.7 Å². The second-order valence-corrected chi connectivity index (χ2v) is 13.5. The zero-order valence-electron chi connectivity index (χ0n) is 23.6. The van der Waals surface area contributed by atoms with Gasteiger partial charge in [0.15, 0.2) is 9.84 Å². The van der Waals surface area contributed by atoms with E-state index in [1.165, 1.54) is 44.9 Å². The summed E-state index contributed by atoms with van der Waals surface area (Å²) in [7, 11) is -5.38. The molecular formula is C27H55O8PS.